The number of ether oxygens (including phenoxy) is 1. The molecular formula is C24H33F3N6O4S2. The number of hydrogen-bond acceptors (Lipinski definition) is 10. The third-order valence-corrected chi connectivity index (χ3v) is 8.28. The number of sulfonamides is 1. The van der Waals surface area contributed by atoms with Crippen LogP contribution in [0.25, 0.3) is 0 Å². The zero-order chi connectivity index (χ0) is 28.8. The number of aryl methyl sites for hydroxylation is 1. The monoisotopic (exact) mass is 590 g/mol. The Hall–Kier alpha value is -2.81. The van der Waals surface area contributed by atoms with E-state index in [4.69, 9.17) is 4.74 Å². The summed E-state index contributed by atoms with van der Waals surface area (Å²) in [7, 11) is -4.78. The second kappa shape index (κ2) is 13.0. The summed E-state index contributed by atoms with van der Waals surface area (Å²) in [6.07, 6.45) is -0.302. The Morgan fingerprint density at radius 2 is 2.00 bits per heavy atom. The first kappa shape index (κ1) is 30.7. The van der Waals surface area contributed by atoms with Gasteiger partial charge in [0.25, 0.3) is 5.13 Å². The molecule has 2 unspecified atom stereocenters. The van der Waals surface area contributed by atoms with Crippen LogP contribution in [0.4, 0.5) is 35.4 Å². The molecule has 2 heterocycles. The number of nitrogens with one attached hydrogen (secondary N) is 1. The van der Waals surface area contributed by atoms with Gasteiger partial charge in [-0.25, -0.2) is 13.2 Å². The molecule has 10 nitrogen and oxygen atoms in total. The van der Waals surface area contributed by atoms with Crippen LogP contribution in [0.2, 0.25) is 0 Å². The van der Waals surface area contributed by atoms with Gasteiger partial charge in [-0.1, -0.05) is 38.5 Å². The van der Waals surface area contributed by atoms with Crippen molar-refractivity contribution in [2.45, 2.75) is 84.5 Å². The van der Waals surface area contributed by atoms with Crippen LogP contribution >= 0.6 is 11.3 Å². The highest BCUT2D eigenvalue weighted by molar-refractivity contribution is 7.92. The Labute approximate surface area is 230 Å². The number of nitrogens with zero attached hydrogens (tertiary/aromatic N) is 5. The van der Waals surface area contributed by atoms with E-state index < -0.39 is 27.9 Å². The molecule has 39 heavy (non-hydrogen) atoms. The van der Waals surface area contributed by atoms with Crippen LogP contribution in [-0.4, -0.2) is 55.2 Å². The van der Waals surface area contributed by atoms with Gasteiger partial charge in [-0.05, 0) is 56.7 Å². The molecule has 1 aromatic carbocycles. The molecule has 1 aromatic heterocycles. The number of hydrogen-bond donors (Lipinski definition) is 1. The number of aromatic nitrogens is 2. The predicted octanol–water partition coefficient (Wildman–Crippen LogP) is 6.54. The molecule has 0 saturated heterocycles. The summed E-state index contributed by atoms with van der Waals surface area (Å²) in [6.45, 7) is 8.47. The highest BCUT2D eigenvalue weighted by atomic mass is 32.2. The fourth-order valence-corrected chi connectivity index (χ4v) is 5.70. The number of azo groups is 1. The van der Waals surface area contributed by atoms with E-state index in [0.29, 0.717) is 12.8 Å². The molecule has 0 bridgehead atoms. The van der Waals surface area contributed by atoms with Gasteiger partial charge < -0.3 is 9.64 Å². The fraction of sp³-hybridized carbons (Fsp3) is 0.625. The molecule has 0 fully saturated rings. The van der Waals surface area contributed by atoms with Gasteiger partial charge in [-0.2, -0.15) is 13.2 Å². The van der Waals surface area contributed by atoms with E-state index in [1.54, 1.807) is 13.0 Å². The molecule has 3 rings (SSSR count). The maximum atomic E-state index is 12.9. The number of halogens is 3. The van der Waals surface area contributed by atoms with Crippen LogP contribution < -0.4 is 9.62 Å². The van der Waals surface area contributed by atoms with Crippen molar-refractivity contribution in [3.05, 3.63) is 22.7 Å². The van der Waals surface area contributed by atoms with Crippen molar-refractivity contribution in [1.29, 1.82) is 0 Å². The van der Waals surface area contributed by atoms with Gasteiger partial charge >= 0.3 is 12.1 Å². The van der Waals surface area contributed by atoms with Crippen LogP contribution in [0, 0.1) is 0 Å². The fourth-order valence-electron chi connectivity index (χ4n) is 4.15. The lowest BCUT2D eigenvalue weighted by molar-refractivity contribution is -0.106. The molecule has 1 N–H and O–H groups in total. The number of anilines is 2. The van der Waals surface area contributed by atoms with E-state index >= 15 is 0 Å². The lowest BCUT2D eigenvalue weighted by atomic mass is 9.93. The van der Waals surface area contributed by atoms with Gasteiger partial charge in [-0.15, -0.1) is 20.4 Å². The molecule has 0 saturated carbocycles. The normalized spacial score (nSPS) is 16.8. The maximum absolute atomic E-state index is 12.9. The summed E-state index contributed by atoms with van der Waals surface area (Å²) in [5.41, 5.74) is 1.56. The maximum Gasteiger partial charge on any atom is 0.404 e. The number of rotatable bonds is 12. The summed E-state index contributed by atoms with van der Waals surface area (Å²) in [5.74, 6) is -2.70. The highest BCUT2D eigenvalue weighted by Crippen LogP contribution is 2.41. The van der Waals surface area contributed by atoms with Gasteiger partial charge in [0.1, 0.15) is 5.69 Å². The minimum Gasteiger partial charge on any atom is -0.457 e. The Balaban J connectivity index is 1.99. The smallest absolute Gasteiger partial charge is 0.404 e. The molecule has 15 heteroatoms. The number of alkyl halides is 3. The van der Waals surface area contributed by atoms with Crippen molar-refractivity contribution < 1.29 is 31.1 Å². The van der Waals surface area contributed by atoms with Gasteiger partial charge in [0.15, 0.2) is 5.75 Å². The summed E-state index contributed by atoms with van der Waals surface area (Å²) in [5, 5.41) is 15.6. The second-order valence-corrected chi connectivity index (χ2v) is 12.0. The topological polar surface area (TPSA) is 126 Å². The first-order chi connectivity index (χ1) is 18.4. The van der Waals surface area contributed by atoms with Gasteiger partial charge in [0, 0.05) is 18.3 Å². The third kappa shape index (κ3) is 8.59. The van der Waals surface area contributed by atoms with E-state index in [0.717, 1.165) is 54.8 Å². The first-order valence-electron chi connectivity index (χ1n) is 12.8. The van der Waals surface area contributed by atoms with E-state index in [1.807, 2.05) is 6.92 Å². The van der Waals surface area contributed by atoms with E-state index in [-0.39, 0.29) is 33.7 Å². The lowest BCUT2D eigenvalue weighted by Gasteiger charge is -2.39. The number of benzene rings is 1. The van der Waals surface area contributed by atoms with E-state index in [2.05, 4.69) is 43.9 Å². The molecule has 1 aliphatic rings. The first-order valence-corrected chi connectivity index (χ1v) is 15.3. The second-order valence-electron chi connectivity index (χ2n) is 9.34. The zero-order valence-electron chi connectivity index (χ0n) is 22.3. The highest BCUT2D eigenvalue weighted by Gasteiger charge is 2.36. The Morgan fingerprint density at radius 3 is 2.64 bits per heavy atom. The van der Waals surface area contributed by atoms with Crippen LogP contribution in [0.15, 0.2) is 22.4 Å². The molecule has 2 aromatic rings. The quantitative estimate of drug-likeness (QED) is 0.220. The lowest BCUT2D eigenvalue weighted by Crippen LogP contribution is -2.39. The molecule has 0 radical (unpaired) electrons. The largest absolute Gasteiger partial charge is 0.457 e. The summed E-state index contributed by atoms with van der Waals surface area (Å²) in [4.78, 5) is 14.4. The van der Waals surface area contributed by atoms with E-state index in [1.165, 1.54) is 6.07 Å². The number of fused-ring (bicyclic) bond motifs is 1. The molecule has 0 aliphatic carbocycles. The van der Waals surface area contributed by atoms with Crippen molar-refractivity contribution in [3.8, 4) is 0 Å². The molecule has 1 aliphatic heterocycles. The van der Waals surface area contributed by atoms with Crippen molar-refractivity contribution in [2.24, 2.45) is 10.2 Å². The SMILES string of the molecule is CCCCN1c2cc(NS(=O)(=O)CC(F)(F)F)c(N=Nc3nnc(C(=O)OC(C)CC)s3)cc2CCC1CC. The number of unbranched alkanes of at least 4 members (excludes halogenated alkanes) is 1. The van der Waals surface area contributed by atoms with Crippen LogP contribution in [-0.2, 0) is 21.2 Å². The summed E-state index contributed by atoms with van der Waals surface area (Å²) >= 11 is 0.828. The minimum absolute atomic E-state index is 0.00328. The van der Waals surface area contributed by atoms with Gasteiger partial charge in [0.05, 0.1) is 11.8 Å². The molecule has 0 spiro atoms. The Bertz CT molecular complexity index is 1280. The number of carbonyl (C=O) groups excluding carboxylic acids is 1. The molecular weight excluding hydrogens is 557 g/mol. The van der Waals surface area contributed by atoms with Crippen molar-refractivity contribution >= 4 is 49.5 Å². The third-order valence-electron chi connectivity index (χ3n) is 6.25. The average Bonchev–Trinajstić information content (AvgIpc) is 3.33. The molecule has 216 valence electrons. The Morgan fingerprint density at radius 1 is 1.26 bits per heavy atom. The van der Waals surface area contributed by atoms with Crippen molar-refractivity contribution in [1.82, 2.24) is 10.2 Å². The van der Waals surface area contributed by atoms with Crippen molar-refractivity contribution in [3.63, 3.8) is 0 Å². The summed E-state index contributed by atoms with van der Waals surface area (Å²) < 4.78 is 70.9. The average molecular weight is 591 g/mol. The van der Waals surface area contributed by atoms with Gasteiger partial charge in [0.2, 0.25) is 15.0 Å². The number of carbonyl (C=O) groups is 1. The van der Waals surface area contributed by atoms with Crippen LogP contribution in [0.5, 0.6) is 0 Å². The standard InChI is InChI=1S/C24H33F3N6O4S2/c1-5-8-11-33-17(7-3)10-9-16-12-18(19(13-20(16)33)32-39(35,36)14-24(25,26)27)28-30-23-31-29-21(38-23)22(34)37-15(4)6-2/h12-13,15,17,32H,5-11,14H2,1-4H3. The van der Waals surface area contributed by atoms with Gasteiger partial charge in [-0.3, -0.25) is 4.72 Å². The van der Waals surface area contributed by atoms with Crippen molar-refractivity contribution in [2.75, 3.05) is 21.9 Å². The molecule has 2 atom stereocenters. The zero-order valence-corrected chi connectivity index (χ0v) is 23.9. The van der Waals surface area contributed by atoms with Crippen LogP contribution in [0.3, 0.4) is 0 Å². The Kier molecular flexibility index (Phi) is 10.3. The van der Waals surface area contributed by atoms with Crippen LogP contribution in [0.1, 0.15) is 75.2 Å². The van der Waals surface area contributed by atoms with E-state index in [9.17, 15) is 26.4 Å². The molecule has 0 amide bonds. The minimum atomic E-state index is -4.92. The number of esters is 1. The summed E-state index contributed by atoms with van der Waals surface area (Å²) in [6, 6.07) is 3.39. The predicted molar refractivity (Wildman–Crippen MR) is 144 cm³/mol.